The summed E-state index contributed by atoms with van der Waals surface area (Å²) in [6.07, 6.45) is 4.33. The standard InChI is InChI=1S/C19H32N4OS/c1-4-25(24)18-12-8-9-16(15-18)22-19(20-2)21-13-14-23(3)17-10-6-5-7-11-17/h5-7,10-11,16,18H,4,8-9,12-15H2,1-3H3,(H2,20,21,22). The fourth-order valence-electron chi connectivity index (χ4n) is 3.29. The van der Waals surface area contributed by atoms with E-state index in [1.807, 2.05) is 13.0 Å². The van der Waals surface area contributed by atoms with Gasteiger partial charge in [-0.25, -0.2) is 0 Å². The highest BCUT2D eigenvalue weighted by Gasteiger charge is 2.25. The van der Waals surface area contributed by atoms with Crippen molar-refractivity contribution in [1.82, 2.24) is 10.6 Å². The van der Waals surface area contributed by atoms with Crippen LogP contribution in [0.4, 0.5) is 5.69 Å². The third-order valence-corrected chi connectivity index (χ3v) is 6.52. The van der Waals surface area contributed by atoms with Gasteiger partial charge in [-0.15, -0.1) is 0 Å². The first kappa shape index (κ1) is 19.8. The number of guanidine groups is 1. The smallest absolute Gasteiger partial charge is 0.191 e. The predicted octanol–water partition coefficient (Wildman–Crippen LogP) is 2.37. The van der Waals surface area contributed by atoms with E-state index in [4.69, 9.17) is 0 Å². The Morgan fingerprint density at radius 3 is 2.76 bits per heavy atom. The van der Waals surface area contributed by atoms with Crippen LogP contribution in [0.15, 0.2) is 35.3 Å². The first-order valence-electron chi connectivity index (χ1n) is 9.24. The molecule has 140 valence electrons. The molecule has 2 N–H and O–H groups in total. The highest BCUT2D eigenvalue weighted by Crippen LogP contribution is 2.22. The zero-order valence-electron chi connectivity index (χ0n) is 15.7. The van der Waals surface area contributed by atoms with E-state index in [2.05, 4.69) is 51.8 Å². The van der Waals surface area contributed by atoms with Crippen LogP contribution in [0, 0.1) is 0 Å². The van der Waals surface area contributed by atoms with Gasteiger partial charge in [0.2, 0.25) is 0 Å². The molecule has 1 saturated carbocycles. The Labute approximate surface area is 154 Å². The first-order chi connectivity index (χ1) is 12.1. The lowest BCUT2D eigenvalue weighted by Gasteiger charge is -2.30. The van der Waals surface area contributed by atoms with Crippen molar-refractivity contribution in [1.29, 1.82) is 0 Å². The number of aliphatic imine (C=N–C) groups is 1. The summed E-state index contributed by atoms with van der Waals surface area (Å²) < 4.78 is 12.1. The summed E-state index contributed by atoms with van der Waals surface area (Å²) >= 11 is 0. The van der Waals surface area contributed by atoms with Gasteiger partial charge in [-0.05, 0) is 31.4 Å². The SMILES string of the molecule is CCS(=O)C1CCCC(NC(=NC)NCCN(C)c2ccccc2)C1. The van der Waals surface area contributed by atoms with Crippen LogP contribution in [0.25, 0.3) is 0 Å². The molecule has 0 spiro atoms. The number of anilines is 1. The van der Waals surface area contributed by atoms with E-state index in [0.29, 0.717) is 11.3 Å². The largest absolute Gasteiger partial charge is 0.373 e. The second-order valence-corrected chi connectivity index (χ2v) is 8.56. The molecule has 5 nitrogen and oxygen atoms in total. The van der Waals surface area contributed by atoms with E-state index >= 15 is 0 Å². The van der Waals surface area contributed by atoms with Gasteiger partial charge in [-0.1, -0.05) is 31.5 Å². The second-order valence-electron chi connectivity index (χ2n) is 6.56. The molecule has 2 rings (SSSR count). The molecule has 1 aromatic rings. The van der Waals surface area contributed by atoms with Crippen molar-refractivity contribution in [3.63, 3.8) is 0 Å². The number of likely N-dealkylation sites (N-methyl/N-ethyl adjacent to an activating group) is 1. The molecule has 1 aliphatic carbocycles. The second kappa shape index (κ2) is 10.4. The lowest BCUT2D eigenvalue weighted by Crippen LogP contribution is -2.48. The van der Waals surface area contributed by atoms with Crippen LogP contribution < -0.4 is 15.5 Å². The topological polar surface area (TPSA) is 56.7 Å². The summed E-state index contributed by atoms with van der Waals surface area (Å²) in [5, 5.41) is 7.24. The van der Waals surface area contributed by atoms with Crippen molar-refractivity contribution in [2.75, 3.05) is 37.8 Å². The quantitative estimate of drug-likeness (QED) is 0.576. The molecule has 0 bridgehead atoms. The molecule has 0 amide bonds. The average Bonchev–Trinajstić information content (AvgIpc) is 2.67. The average molecular weight is 365 g/mol. The van der Waals surface area contributed by atoms with Crippen LogP contribution in [-0.2, 0) is 10.8 Å². The zero-order valence-corrected chi connectivity index (χ0v) is 16.5. The number of para-hydroxylation sites is 1. The zero-order chi connectivity index (χ0) is 18.1. The molecule has 1 fully saturated rings. The minimum Gasteiger partial charge on any atom is -0.373 e. The Balaban J connectivity index is 1.76. The van der Waals surface area contributed by atoms with Gasteiger partial charge in [-0.3, -0.25) is 9.20 Å². The van der Waals surface area contributed by atoms with Gasteiger partial charge in [0.1, 0.15) is 0 Å². The Bertz CT molecular complexity index is 564. The maximum atomic E-state index is 12.1. The molecule has 0 aliphatic heterocycles. The summed E-state index contributed by atoms with van der Waals surface area (Å²) in [6.45, 7) is 3.73. The van der Waals surface area contributed by atoms with Gasteiger partial charge < -0.3 is 15.5 Å². The lowest BCUT2D eigenvalue weighted by atomic mass is 9.95. The fourth-order valence-corrected chi connectivity index (χ4v) is 4.64. The van der Waals surface area contributed by atoms with Crippen molar-refractivity contribution in [3.05, 3.63) is 30.3 Å². The van der Waals surface area contributed by atoms with Gasteiger partial charge in [0.25, 0.3) is 0 Å². The monoisotopic (exact) mass is 364 g/mol. The van der Waals surface area contributed by atoms with Crippen molar-refractivity contribution >= 4 is 22.4 Å². The number of hydrogen-bond acceptors (Lipinski definition) is 3. The molecule has 3 atom stereocenters. The summed E-state index contributed by atoms with van der Waals surface area (Å²) in [5.74, 6) is 1.60. The van der Waals surface area contributed by atoms with Crippen LogP contribution >= 0.6 is 0 Å². The fraction of sp³-hybridized carbons (Fsp3) is 0.632. The van der Waals surface area contributed by atoms with Crippen LogP contribution in [0.5, 0.6) is 0 Å². The van der Waals surface area contributed by atoms with Crippen LogP contribution in [0.2, 0.25) is 0 Å². The number of nitrogens with zero attached hydrogens (tertiary/aromatic N) is 2. The maximum absolute atomic E-state index is 12.1. The molecule has 1 aliphatic rings. The lowest BCUT2D eigenvalue weighted by molar-refractivity contribution is 0.413. The highest BCUT2D eigenvalue weighted by molar-refractivity contribution is 7.85. The first-order valence-corrected chi connectivity index (χ1v) is 10.6. The summed E-state index contributed by atoms with van der Waals surface area (Å²) in [4.78, 5) is 6.57. The molecular weight excluding hydrogens is 332 g/mol. The van der Waals surface area contributed by atoms with Gasteiger partial charge in [0, 0.05) is 60.7 Å². The minimum absolute atomic E-state index is 0.332. The molecule has 0 heterocycles. The Morgan fingerprint density at radius 2 is 2.08 bits per heavy atom. The number of nitrogens with one attached hydrogen (secondary N) is 2. The van der Waals surface area contributed by atoms with Gasteiger partial charge in [0.05, 0.1) is 0 Å². The van der Waals surface area contributed by atoms with Gasteiger partial charge in [0.15, 0.2) is 5.96 Å². The Morgan fingerprint density at radius 1 is 1.32 bits per heavy atom. The van der Waals surface area contributed by atoms with Gasteiger partial charge in [-0.2, -0.15) is 0 Å². The van der Waals surface area contributed by atoms with Gasteiger partial charge >= 0.3 is 0 Å². The van der Waals surface area contributed by atoms with E-state index in [-0.39, 0.29) is 0 Å². The number of rotatable bonds is 7. The Kier molecular flexibility index (Phi) is 8.25. The predicted molar refractivity (Wildman–Crippen MR) is 109 cm³/mol. The Hall–Kier alpha value is -1.56. The van der Waals surface area contributed by atoms with Crippen molar-refractivity contribution in [3.8, 4) is 0 Å². The summed E-state index contributed by atoms with van der Waals surface area (Å²) in [7, 11) is 3.21. The number of hydrogen-bond donors (Lipinski definition) is 2. The van der Waals surface area contributed by atoms with E-state index in [0.717, 1.165) is 50.5 Å². The number of benzene rings is 1. The maximum Gasteiger partial charge on any atom is 0.191 e. The minimum atomic E-state index is -0.691. The molecule has 3 unspecified atom stereocenters. The van der Waals surface area contributed by atoms with Crippen LogP contribution in [0.3, 0.4) is 0 Å². The molecule has 0 radical (unpaired) electrons. The highest BCUT2D eigenvalue weighted by atomic mass is 32.2. The molecule has 25 heavy (non-hydrogen) atoms. The molecule has 1 aromatic carbocycles. The van der Waals surface area contributed by atoms with Crippen LogP contribution in [0.1, 0.15) is 32.6 Å². The van der Waals surface area contributed by atoms with E-state index in [1.54, 1.807) is 7.05 Å². The van der Waals surface area contributed by atoms with Crippen molar-refractivity contribution in [2.45, 2.75) is 43.9 Å². The molecule has 6 heteroatoms. The van der Waals surface area contributed by atoms with E-state index < -0.39 is 10.8 Å². The molecule has 0 saturated heterocycles. The summed E-state index contributed by atoms with van der Waals surface area (Å²) in [5.41, 5.74) is 1.21. The molecule has 0 aromatic heterocycles. The normalized spacial score (nSPS) is 22.3. The third-order valence-electron chi connectivity index (χ3n) is 4.78. The van der Waals surface area contributed by atoms with Crippen molar-refractivity contribution in [2.24, 2.45) is 4.99 Å². The van der Waals surface area contributed by atoms with Crippen molar-refractivity contribution < 1.29 is 4.21 Å². The third kappa shape index (κ3) is 6.34. The molecular formula is C19H32N4OS. The van der Waals surface area contributed by atoms with Crippen LogP contribution in [-0.4, -0.2) is 54.4 Å². The van der Waals surface area contributed by atoms with E-state index in [9.17, 15) is 4.21 Å². The van der Waals surface area contributed by atoms with E-state index in [1.165, 1.54) is 5.69 Å². The summed E-state index contributed by atoms with van der Waals surface area (Å²) in [6, 6.07) is 10.7.